The van der Waals surface area contributed by atoms with Gasteiger partial charge in [-0.3, -0.25) is 0 Å². The van der Waals surface area contributed by atoms with Gasteiger partial charge in [0.1, 0.15) is 5.75 Å². The molecule has 2 aromatic carbocycles. The normalized spacial score (nSPS) is 11.7. The minimum absolute atomic E-state index is 0.0682. The number of aryl methyl sites for hydroxylation is 1. The molecule has 0 aliphatic heterocycles. The van der Waals surface area contributed by atoms with Crippen molar-refractivity contribution in [3.63, 3.8) is 0 Å². The van der Waals surface area contributed by atoms with Crippen molar-refractivity contribution in [2.45, 2.75) is 38.3 Å². The number of ether oxygens (including phenoxy) is 1. The lowest BCUT2D eigenvalue weighted by Crippen LogP contribution is -2.24. The van der Waals surface area contributed by atoms with Gasteiger partial charge in [0.25, 0.3) is 0 Å². The van der Waals surface area contributed by atoms with Gasteiger partial charge in [-0.25, -0.2) is 13.1 Å². The zero-order valence-electron chi connectivity index (χ0n) is 13.3. The SMILES string of the molecule is Cc1cc(Cl)ccc1S(=O)(=O)NCc1cccc(OC(C)C)c1. The number of benzene rings is 2. The molecule has 4 nitrogen and oxygen atoms in total. The number of nitrogens with one attached hydrogen (secondary N) is 1. The Kier molecular flexibility index (Phi) is 5.68. The van der Waals surface area contributed by atoms with Gasteiger partial charge < -0.3 is 4.74 Å². The maximum atomic E-state index is 12.4. The van der Waals surface area contributed by atoms with Crippen molar-refractivity contribution in [3.05, 3.63) is 58.6 Å². The lowest BCUT2D eigenvalue weighted by molar-refractivity contribution is 0.242. The van der Waals surface area contributed by atoms with Crippen LogP contribution >= 0.6 is 11.6 Å². The monoisotopic (exact) mass is 353 g/mol. The van der Waals surface area contributed by atoms with Crippen LogP contribution in [0.15, 0.2) is 47.4 Å². The molecule has 23 heavy (non-hydrogen) atoms. The van der Waals surface area contributed by atoms with Gasteiger partial charge >= 0.3 is 0 Å². The van der Waals surface area contributed by atoms with E-state index in [1.807, 2.05) is 38.1 Å². The molecule has 0 spiro atoms. The van der Waals surface area contributed by atoms with E-state index in [0.717, 1.165) is 11.3 Å². The maximum Gasteiger partial charge on any atom is 0.241 e. The first-order valence-electron chi connectivity index (χ1n) is 7.29. The van der Waals surface area contributed by atoms with Gasteiger partial charge in [-0.05, 0) is 62.2 Å². The highest BCUT2D eigenvalue weighted by atomic mass is 35.5. The molecule has 0 atom stereocenters. The number of halogens is 1. The second-order valence-electron chi connectivity index (χ2n) is 5.55. The smallest absolute Gasteiger partial charge is 0.241 e. The van der Waals surface area contributed by atoms with Gasteiger partial charge in [0.05, 0.1) is 11.0 Å². The van der Waals surface area contributed by atoms with Crippen LogP contribution in [0.2, 0.25) is 5.02 Å². The third-order valence-corrected chi connectivity index (χ3v) is 4.96. The zero-order chi connectivity index (χ0) is 17.0. The minimum atomic E-state index is -3.59. The molecule has 0 radical (unpaired) electrons. The Labute approximate surface area is 142 Å². The molecule has 0 amide bonds. The second-order valence-corrected chi connectivity index (χ2v) is 7.72. The molecular weight excluding hydrogens is 334 g/mol. The van der Waals surface area contributed by atoms with Crippen molar-refractivity contribution in [1.82, 2.24) is 4.72 Å². The summed E-state index contributed by atoms with van der Waals surface area (Å²) in [7, 11) is -3.59. The van der Waals surface area contributed by atoms with E-state index in [-0.39, 0.29) is 17.5 Å². The molecule has 0 aromatic heterocycles. The predicted molar refractivity (Wildman–Crippen MR) is 92.4 cm³/mol. The summed E-state index contributed by atoms with van der Waals surface area (Å²) in [5.41, 5.74) is 1.44. The first-order valence-corrected chi connectivity index (χ1v) is 9.15. The lowest BCUT2D eigenvalue weighted by atomic mass is 10.2. The Balaban J connectivity index is 2.13. The Morgan fingerprint density at radius 1 is 1.17 bits per heavy atom. The topological polar surface area (TPSA) is 55.4 Å². The van der Waals surface area contributed by atoms with Crippen LogP contribution in [0.25, 0.3) is 0 Å². The van der Waals surface area contributed by atoms with Crippen LogP contribution in [0, 0.1) is 6.92 Å². The number of sulfonamides is 1. The summed E-state index contributed by atoms with van der Waals surface area (Å²) in [6.07, 6.45) is 0.0682. The van der Waals surface area contributed by atoms with Crippen molar-refractivity contribution in [2.24, 2.45) is 0 Å². The van der Waals surface area contributed by atoms with E-state index in [1.54, 1.807) is 19.1 Å². The first kappa shape index (κ1) is 17.8. The average Bonchev–Trinajstić information content (AvgIpc) is 2.44. The second kappa shape index (κ2) is 7.34. The molecule has 0 saturated carbocycles. The third kappa shape index (κ3) is 4.96. The molecule has 0 heterocycles. The van der Waals surface area contributed by atoms with E-state index >= 15 is 0 Å². The molecule has 0 aliphatic rings. The third-order valence-electron chi connectivity index (χ3n) is 3.16. The quantitative estimate of drug-likeness (QED) is 0.856. The Bertz CT molecular complexity index is 788. The number of hydrogen-bond acceptors (Lipinski definition) is 3. The largest absolute Gasteiger partial charge is 0.491 e. The molecule has 2 aromatic rings. The van der Waals surface area contributed by atoms with Crippen LogP contribution in [0.5, 0.6) is 5.75 Å². The Morgan fingerprint density at radius 2 is 1.91 bits per heavy atom. The van der Waals surface area contributed by atoms with Crippen LogP contribution in [-0.4, -0.2) is 14.5 Å². The van der Waals surface area contributed by atoms with Gasteiger partial charge in [0, 0.05) is 11.6 Å². The van der Waals surface area contributed by atoms with E-state index in [0.29, 0.717) is 10.6 Å². The molecule has 0 bridgehead atoms. The highest BCUT2D eigenvalue weighted by Crippen LogP contribution is 2.20. The van der Waals surface area contributed by atoms with Crippen molar-refractivity contribution >= 4 is 21.6 Å². The fourth-order valence-corrected chi connectivity index (χ4v) is 3.64. The standard InChI is InChI=1S/C17H20ClNO3S/c1-12(2)22-16-6-4-5-14(10-16)11-19-23(20,21)17-8-7-15(18)9-13(17)3/h4-10,12,19H,11H2,1-3H3. The first-order chi connectivity index (χ1) is 10.8. The minimum Gasteiger partial charge on any atom is -0.491 e. The summed E-state index contributed by atoms with van der Waals surface area (Å²) in [6, 6.07) is 12.1. The van der Waals surface area contributed by atoms with E-state index in [2.05, 4.69) is 4.72 Å². The molecular formula is C17H20ClNO3S. The van der Waals surface area contributed by atoms with Gasteiger partial charge in [0.15, 0.2) is 0 Å². The van der Waals surface area contributed by atoms with E-state index in [4.69, 9.17) is 16.3 Å². The van der Waals surface area contributed by atoms with E-state index in [1.165, 1.54) is 6.07 Å². The van der Waals surface area contributed by atoms with Gasteiger partial charge in [-0.1, -0.05) is 23.7 Å². The van der Waals surface area contributed by atoms with E-state index in [9.17, 15) is 8.42 Å². The zero-order valence-corrected chi connectivity index (χ0v) is 14.9. The number of hydrogen-bond donors (Lipinski definition) is 1. The fourth-order valence-electron chi connectivity index (χ4n) is 2.17. The Morgan fingerprint density at radius 3 is 2.57 bits per heavy atom. The number of rotatable bonds is 6. The average molecular weight is 354 g/mol. The molecule has 6 heteroatoms. The summed E-state index contributed by atoms with van der Waals surface area (Å²) in [4.78, 5) is 0.233. The maximum absolute atomic E-state index is 12.4. The van der Waals surface area contributed by atoms with Crippen LogP contribution in [0.3, 0.4) is 0 Å². The lowest BCUT2D eigenvalue weighted by Gasteiger charge is -2.12. The molecule has 0 saturated heterocycles. The summed E-state index contributed by atoms with van der Waals surface area (Å²) < 4.78 is 33.0. The molecule has 124 valence electrons. The van der Waals surface area contributed by atoms with Crippen LogP contribution in [0.4, 0.5) is 0 Å². The summed E-state index contributed by atoms with van der Waals surface area (Å²) in [6.45, 7) is 5.80. The fraction of sp³-hybridized carbons (Fsp3) is 0.294. The molecule has 0 unspecified atom stereocenters. The van der Waals surface area contributed by atoms with Gasteiger partial charge in [-0.15, -0.1) is 0 Å². The van der Waals surface area contributed by atoms with Crippen LogP contribution in [0.1, 0.15) is 25.0 Å². The highest BCUT2D eigenvalue weighted by Gasteiger charge is 2.16. The molecule has 0 aliphatic carbocycles. The van der Waals surface area contributed by atoms with E-state index < -0.39 is 10.0 Å². The van der Waals surface area contributed by atoms with Crippen molar-refractivity contribution in [1.29, 1.82) is 0 Å². The predicted octanol–water partition coefficient (Wildman–Crippen LogP) is 3.91. The summed E-state index contributed by atoms with van der Waals surface area (Å²) in [5.74, 6) is 0.722. The van der Waals surface area contributed by atoms with Crippen LogP contribution in [-0.2, 0) is 16.6 Å². The summed E-state index contributed by atoms with van der Waals surface area (Å²) >= 11 is 5.87. The van der Waals surface area contributed by atoms with Crippen molar-refractivity contribution < 1.29 is 13.2 Å². The van der Waals surface area contributed by atoms with Crippen molar-refractivity contribution in [3.8, 4) is 5.75 Å². The van der Waals surface area contributed by atoms with Crippen LogP contribution < -0.4 is 9.46 Å². The highest BCUT2D eigenvalue weighted by molar-refractivity contribution is 7.89. The van der Waals surface area contributed by atoms with Crippen molar-refractivity contribution in [2.75, 3.05) is 0 Å². The Hall–Kier alpha value is -1.56. The van der Waals surface area contributed by atoms with Gasteiger partial charge in [-0.2, -0.15) is 0 Å². The molecule has 1 N–H and O–H groups in total. The molecule has 2 rings (SSSR count). The summed E-state index contributed by atoms with van der Waals surface area (Å²) in [5, 5.41) is 0.514. The molecule has 0 fully saturated rings. The van der Waals surface area contributed by atoms with Gasteiger partial charge in [0.2, 0.25) is 10.0 Å².